The molecule has 47 heavy (non-hydrogen) atoms. The molecule has 0 aromatic heterocycles. The van der Waals surface area contributed by atoms with Crippen LogP contribution in [0.5, 0.6) is 0 Å². The van der Waals surface area contributed by atoms with Crippen LogP contribution in [0.3, 0.4) is 0 Å². The lowest BCUT2D eigenvalue weighted by Crippen LogP contribution is -2.65. The van der Waals surface area contributed by atoms with Crippen molar-refractivity contribution in [3.05, 3.63) is 35.9 Å². The topological polar surface area (TPSA) is 163 Å². The molecule has 1 saturated heterocycles. The van der Waals surface area contributed by atoms with Crippen LogP contribution in [0, 0.1) is 35.0 Å². The van der Waals surface area contributed by atoms with E-state index in [1.165, 1.54) is 7.11 Å². The predicted molar refractivity (Wildman–Crippen MR) is 176 cm³/mol. The van der Waals surface area contributed by atoms with Crippen molar-refractivity contribution in [2.24, 2.45) is 40.7 Å². The minimum atomic E-state index is -0.913. The first-order valence-electron chi connectivity index (χ1n) is 16.9. The molecule has 2 bridgehead atoms. The maximum Gasteiger partial charge on any atom is 0.481 e. The molecule has 1 aromatic rings. The molecule has 2 unspecified atom stereocenters. The molecular formula is C35H52BN3O8. The molecule has 1 aromatic carbocycles. The number of hydrogen-bond donors (Lipinski definition) is 3. The highest BCUT2D eigenvalue weighted by molar-refractivity contribution is 6.48. The number of rotatable bonds is 16. The number of carbonyl (C=O) groups excluding carboxylic acids is 5. The van der Waals surface area contributed by atoms with E-state index in [-0.39, 0.29) is 61.2 Å². The average Bonchev–Trinajstić information content (AvgIpc) is 3.38. The first-order chi connectivity index (χ1) is 22.1. The standard InChI is InChI=1S/C35H52BN3O8/c1-20(2)24(19-31(42)45-7)33(44)38-25(16-22-11-9-8-10-12-22)26(40)15-21(3)32(43)39-29(13-14-30(37)41)36-46-28-18-23-17-27(34(23,4)5)35(28,6)47-36/h8-12,20-21,23-25,27-29H,13-19H2,1-7H3,(H2,37,41)(H,38,44)(H,39,43)/t21-,23?,24+,25+,27+,28-,29?,35+/m1/s1. The molecule has 0 radical (unpaired) electrons. The molecule has 11 nitrogen and oxygen atoms in total. The molecule has 258 valence electrons. The molecule has 8 atom stereocenters. The van der Waals surface area contributed by atoms with Gasteiger partial charge in [-0.3, -0.25) is 24.0 Å². The summed E-state index contributed by atoms with van der Waals surface area (Å²) in [5.74, 6) is -3.50. The van der Waals surface area contributed by atoms with Gasteiger partial charge in [-0.25, -0.2) is 0 Å². The van der Waals surface area contributed by atoms with E-state index >= 15 is 0 Å². The van der Waals surface area contributed by atoms with Gasteiger partial charge in [-0.2, -0.15) is 0 Å². The van der Waals surface area contributed by atoms with Gasteiger partial charge >= 0.3 is 13.1 Å². The Bertz CT molecular complexity index is 1320. The van der Waals surface area contributed by atoms with Crippen LogP contribution in [0.1, 0.15) is 85.6 Å². The lowest BCUT2D eigenvalue weighted by Gasteiger charge is -2.64. The van der Waals surface area contributed by atoms with Gasteiger partial charge in [-0.15, -0.1) is 0 Å². The quantitative estimate of drug-likeness (QED) is 0.181. The Labute approximate surface area is 278 Å². The van der Waals surface area contributed by atoms with Gasteiger partial charge in [-0.05, 0) is 61.3 Å². The van der Waals surface area contributed by atoms with Gasteiger partial charge in [0.15, 0.2) is 5.78 Å². The fourth-order valence-electron chi connectivity index (χ4n) is 7.77. The molecule has 3 saturated carbocycles. The Morgan fingerprint density at radius 3 is 2.28 bits per heavy atom. The number of nitrogens with one attached hydrogen (secondary N) is 2. The normalized spacial score (nSPS) is 26.6. The van der Waals surface area contributed by atoms with Crippen LogP contribution in [0.2, 0.25) is 0 Å². The van der Waals surface area contributed by atoms with E-state index in [2.05, 4.69) is 31.4 Å². The largest absolute Gasteiger partial charge is 0.481 e. The van der Waals surface area contributed by atoms with Crippen LogP contribution < -0.4 is 16.4 Å². The van der Waals surface area contributed by atoms with Crippen LogP contribution in [-0.2, 0) is 44.4 Å². The highest BCUT2D eigenvalue weighted by atomic mass is 16.7. The van der Waals surface area contributed by atoms with Gasteiger partial charge in [0.05, 0.1) is 43.1 Å². The maximum atomic E-state index is 13.7. The third-order valence-electron chi connectivity index (χ3n) is 11.0. The van der Waals surface area contributed by atoms with E-state index in [4.69, 9.17) is 19.8 Å². The molecule has 1 aliphatic heterocycles. The summed E-state index contributed by atoms with van der Waals surface area (Å²) in [6.45, 7) is 11.9. The van der Waals surface area contributed by atoms with E-state index in [0.717, 1.165) is 18.4 Å². The Kier molecular flexibility index (Phi) is 11.6. The van der Waals surface area contributed by atoms with Crippen molar-refractivity contribution < 1.29 is 38.0 Å². The number of ketones is 1. The number of methoxy groups -OCH3 is 1. The molecule has 5 rings (SSSR count). The molecule has 4 fully saturated rings. The summed E-state index contributed by atoms with van der Waals surface area (Å²) in [6.07, 6.45) is 2.10. The van der Waals surface area contributed by atoms with Crippen molar-refractivity contribution in [2.45, 2.75) is 110 Å². The van der Waals surface area contributed by atoms with Crippen LogP contribution in [0.4, 0.5) is 0 Å². The predicted octanol–water partition coefficient (Wildman–Crippen LogP) is 3.16. The summed E-state index contributed by atoms with van der Waals surface area (Å²) in [4.78, 5) is 64.4. The monoisotopic (exact) mass is 653 g/mol. The van der Waals surface area contributed by atoms with E-state index in [1.807, 2.05) is 44.2 Å². The van der Waals surface area contributed by atoms with Crippen LogP contribution in [-0.4, -0.2) is 67.4 Å². The van der Waals surface area contributed by atoms with E-state index < -0.39 is 54.3 Å². The van der Waals surface area contributed by atoms with Crippen molar-refractivity contribution in [2.75, 3.05) is 7.11 Å². The van der Waals surface area contributed by atoms with Gasteiger partial charge < -0.3 is 30.4 Å². The second kappa shape index (κ2) is 14.9. The number of benzene rings is 1. The molecule has 4 N–H and O–H groups in total. The second-order valence-electron chi connectivity index (χ2n) is 14.9. The van der Waals surface area contributed by atoms with Crippen LogP contribution >= 0.6 is 0 Å². The highest BCUT2D eigenvalue weighted by Crippen LogP contribution is 2.65. The molecule has 3 amide bonds. The molecule has 0 spiro atoms. The minimum Gasteiger partial charge on any atom is -0.469 e. The number of amides is 3. The van der Waals surface area contributed by atoms with E-state index in [9.17, 15) is 24.0 Å². The van der Waals surface area contributed by atoms with Crippen LogP contribution in [0.15, 0.2) is 30.3 Å². The van der Waals surface area contributed by atoms with Gasteiger partial charge in [-0.1, -0.05) is 65.0 Å². The molecule has 12 heteroatoms. The van der Waals surface area contributed by atoms with Crippen molar-refractivity contribution in [3.8, 4) is 0 Å². The third kappa shape index (κ3) is 8.25. The highest BCUT2D eigenvalue weighted by Gasteiger charge is 2.68. The third-order valence-corrected chi connectivity index (χ3v) is 11.0. The molecular weight excluding hydrogens is 601 g/mol. The number of esters is 1. The van der Waals surface area contributed by atoms with Crippen molar-refractivity contribution in [1.29, 1.82) is 0 Å². The first kappa shape index (κ1) is 36.6. The number of hydrogen-bond acceptors (Lipinski definition) is 8. The average molecular weight is 654 g/mol. The Morgan fingerprint density at radius 2 is 1.68 bits per heavy atom. The van der Waals surface area contributed by atoms with Gasteiger partial charge in [0.25, 0.3) is 0 Å². The fourth-order valence-corrected chi connectivity index (χ4v) is 7.77. The smallest absolute Gasteiger partial charge is 0.469 e. The lowest BCUT2D eigenvalue weighted by molar-refractivity contribution is -0.199. The fraction of sp³-hybridized carbons (Fsp3) is 0.686. The summed E-state index contributed by atoms with van der Waals surface area (Å²) in [6, 6.07) is 8.38. The number of primary amides is 1. The zero-order chi connectivity index (χ0) is 34.7. The zero-order valence-corrected chi connectivity index (χ0v) is 28.9. The summed E-state index contributed by atoms with van der Waals surface area (Å²) in [7, 11) is 0.519. The van der Waals surface area contributed by atoms with Crippen LogP contribution in [0.25, 0.3) is 0 Å². The summed E-state index contributed by atoms with van der Waals surface area (Å²) in [5, 5.41) is 5.87. The first-order valence-corrected chi connectivity index (χ1v) is 16.9. The molecule has 1 heterocycles. The van der Waals surface area contributed by atoms with E-state index in [0.29, 0.717) is 11.8 Å². The Morgan fingerprint density at radius 1 is 1.00 bits per heavy atom. The number of Topliss-reactive ketones (excluding diaryl/α,β-unsaturated/α-hetero) is 1. The van der Waals surface area contributed by atoms with Gasteiger partial charge in [0, 0.05) is 18.8 Å². The Balaban J connectivity index is 1.45. The van der Waals surface area contributed by atoms with Gasteiger partial charge in [0.1, 0.15) is 0 Å². The second-order valence-corrected chi connectivity index (χ2v) is 14.9. The zero-order valence-electron chi connectivity index (χ0n) is 28.9. The van der Waals surface area contributed by atoms with Crippen molar-refractivity contribution in [1.82, 2.24) is 10.6 Å². The minimum absolute atomic E-state index is 0.0359. The summed E-state index contributed by atoms with van der Waals surface area (Å²) < 4.78 is 17.8. The number of nitrogens with two attached hydrogens (primary N) is 1. The summed E-state index contributed by atoms with van der Waals surface area (Å²) in [5.41, 5.74) is 5.97. The van der Waals surface area contributed by atoms with Crippen molar-refractivity contribution in [3.63, 3.8) is 0 Å². The Hall–Kier alpha value is -3.25. The molecule has 3 aliphatic carbocycles. The number of ether oxygens (including phenoxy) is 1. The SMILES string of the molecule is COC(=O)C[C@H](C(=O)N[C@@H](Cc1ccccc1)C(=O)C[C@@H](C)C(=O)NC(CCC(N)=O)B1O[C@@H]2CC3C[C@@H](C3(C)C)[C@]2(C)O1)C(C)C. The maximum absolute atomic E-state index is 13.7. The molecule has 4 aliphatic rings. The lowest BCUT2D eigenvalue weighted by atomic mass is 9.43. The van der Waals surface area contributed by atoms with Crippen molar-refractivity contribution >= 4 is 36.6 Å². The van der Waals surface area contributed by atoms with Gasteiger partial charge in [0.2, 0.25) is 17.7 Å². The summed E-state index contributed by atoms with van der Waals surface area (Å²) >= 11 is 0. The number of carbonyl (C=O) groups is 5. The van der Waals surface area contributed by atoms with E-state index in [1.54, 1.807) is 6.92 Å².